The van der Waals surface area contributed by atoms with Crippen molar-refractivity contribution in [2.24, 2.45) is 0 Å². The van der Waals surface area contributed by atoms with Crippen LogP contribution in [-0.2, 0) is 19.1 Å². The molecule has 0 aliphatic carbocycles. The topological polar surface area (TPSA) is 52.6 Å². The van der Waals surface area contributed by atoms with E-state index >= 15 is 0 Å². The summed E-state index contributed by atoms with van der Waals surface area (Å²) < 4.78 is 10.3. The highest BCUT2D eigenvalue weighted by Crippen LogP contribution is 2.09. The predicted octanol–water partition coefficient (Wildman–Crippen LogP) is 5.23. The van der Waals surface area contributed by atoms with Gasteiger partial charge in [0.2, 0.25) is 0 Å². The van der Waals surface area contributed by atoms with Gasteiger partial charge < -0.3 is 9.47 Å². The van der Waals surface area contributed by atoms with Gasteiger partial charge in [0.1, 0.15) is 0 Å². The van der Waals surface area contributed by atoms with Gasteiger partial charge in [0, 0.05) is 23.6 Å². The van der Waals surface area contributed by atoms with Crippen LogP contribution in [0.2, 0.25) is 0 Å². The zero-order chi connectivity index (χ0) is 18.2. The summed E-state index contributed by atoms with van der Waals surface area (Å²) in [5, 5.41) is 0.0291. The minimum atomic E-state index is -0.159. The molecule has 0 heterocycles. The number of carbonyl (C=O) groups excluding carboxylic acids is 2. The zero-order valence-electron chi connectivity index (χ0n) is 15.0. The van der Waals surface area contributed by atoms with Gasteiger partial charge in [0.25, 0.3) is 0 Å². The van der Waals surface area contributed by atoms with Crippen molar-refractivity contribution in [1.82, 2.24) is 0 Å². The number of ether oxygens (including phenoxy) is 2. The Balaban J connectivity index is 3.25. The van der Waals surface area contributed by atoms with Gasteiger partial charge in [-0.1, -0.05) is 25.7 Å². The van der Waals surface area contributed by atoms with Crippen molar-refractivity contribution in [2.75, 3.05) is 13.2 Å². The van der Waals surface area contributed by atoms with E-state index in [1.54, 1.807) is 0 Å². The first-order chi connectivity index (χ1) is 11.4. The highest BCUT2D eigenvalue weighted by atomic mass is 35.5. The Morgan fingerprint density at radius 3 is 1.38 bits per heavy atom. The lowest BCUT2D eigenvalue weighted by Gasteiger charge is -2.06. The largest absolute Gasteiger partial charge is 0.466 e. The van der Waals surface area contributed by atoms with E-state index in [0.717, 1.165) is 38.5 Å². The molecule has 0 saturated carbocycles. The van der Waals surface area contributed by atoms with Gasteiger partial charge in [0.05, 0.1) is 13.2 Å². The van der Waals surface area contributed by atoms with Crippen LogP contribution in [0.1, 0.15) is 78.1 Å². The van der Waals surface area contributed by atoms with E-state index in [-0.39, 0.29) is 22.7 Å². The molecule has 6 heteroatoms. The molecule has 0 aromatic heterocycles. The maximum atomic E-state index is 11.4. The summed E-state index contributed by atoms with van der Waals surface area (Å²) in [6.07, 6.45) is 8.22. The minimum Gasteiger partial charge on any atom is -0.466 e. The number of carbonyl (C=O) groups is 2. The molecule has 0 radical (unpaired) electrons. The summed E-state index contributed by atoms with van der Waals surface area (Å²) in [5.41, 5.74) is 0. The predicted molar refractivity (Wildman–Crippen MR) is 98.7 cm³/mol. The Hall–Kier alpha value is -0.480. The fourth-order valence-corrected chi connectivity index (χ4v) is 2.28. The molecular formula is C18H32Cl2O4. The van der Waals surface area contributed by atoms with E-state index < -0.39 is 0 Å². The molecule has 0 aromatic carbocycles. The van der Waals surface area contributed by atoms with Crippen molar-refractivity contribution in [1.29, 1.82) is 0 Å². The van der Waals surface area contributed by atoms with Crippen LogP contribution in [0, 0.1) is 0 Å². The first kappa shape index (κ1) is 23.5. The Labute approximate surface area is 156 Å². The average Bonchev–Trinajstić information content (AvgIpc) is 2.52. The first-order valence-electron chi connectivity index (χ1n) is 9.01. The number of esters is 2. The lowest BCUT2D eigenvalue weighted by atomic mass is 10.1. The lowest BCUT2D eigenvalue weighted by Crippen LogP contribution is -2.08. The molecule has 0 N–H and O–H groups in total. The molecule has 0 amide bonds. The summed E-state index contributed by atoms with van der Waals surface area (Å²) in [5.74, 6) is -0.319. The Kier molecular flexibility index (Phi) is 15.7. The molecule has 0 fully saturated rings. The summed E-state index contributed by atoms with van der Waals surface area (Å²) in [6, 6.07) is 0. The number of hydrogen-bond donors (Lipinski definition) is 0. The van der Waals surface area contributed by atoms with Gasteiger partial charge in [-0.2, -0.15) is 0 Å². The van der Waals surface area contributed by atoms with Gasteiger partial charge in [-0.3, -0.25) is 9.59 Å². The summed E-state index contributed by atoms with van der Waals surface area (Å²) in [6.45, 7) is 4.73. The molecule has 2 unspecified atom stereocenters. The molecule has 0 spiro atoms. The first-order valence-corrected chi connectivity index (χ1v) is 9.88. The fourth-order valence-electron chi connectivity index (χ4n) is 2.06. The van der Waals surface area contributed by atoms with Crippen molar-refractivity contribution in [3.05, 3.63) is 0 Å². The smallest absolute Gasteiger partial charge is 0.305 e. The third kappa shape index (κ3) is 17.9. The Morgan fingerprint density at radius 2 is 1.04 bits per heavy atom. The zero-order valence-corrected chi connectivity index (χ0v) is 16.5. The highest BCUT2D eigenvalue weighted by molar-refractivity contribution is 6.20. The van der Waals surface area contributed by atoms with Crippen LogP contribution in [0.4, 0.5) is 0 Å². The molecule has 0 saturated heterocycles. The SMILES string of the molecule is CC(Cl)CCC(=O)OCCCCCCCCOC(=O)CCC(C)Cl. The second-order valence-electron chi connectivity index (χ2n) is 6.20. The third-order valence-electron chi connectivity index (χ3n) is 3.56. The monoisotopic (exact) mass is 382 g/mol. The Morgan fingerprint density at radius 1 is 0.708 bits per heavy atom. The molecule has 4 nitrogen and oxygen atoms in total. The molecule has 0 aliphatic heterocycles. The van der Waals surface area contributed by atoms with Crippen molar-refractivity contribution >= 4 is 35.1 Å². The molecular weight excluding hydrogens is 351 g/mol. The van der Waals surface area contributed by atoms with Crippen molar-refractivity contribution in [2.45, 2.75) is 88.8 Å². The molecule has 0 aliphatic rings. The summed E-state index contributed by atoms with van der Waals surface area (Å²) in [4.78, 5) is 22.7. The van der Waals surface area contributed by atoms with Gasteiger partial charge in [-0.25, -0.2) is 0 Å². The summed E-state index contributed by atoms with van der Waals surface area (Å²) >= 11 is 11.6. The minimum absolute atomic E-state index is 0.0145. The molecule has 24 heavy (non-hydrogen) atoms. The second-order valence-corrected chi connectivity index (χ2v) is 7.69. The van der Waals surface area contributed by atoms with Crippen LogP contribution in [0.5, 0.6) is 0 Å². The number of rotatable bonds is 15. The number of halogens is 2. The van der Waals surface area contributed by atoms with Crippen molar-refractivity contribution < 1.29 is 19.1 Å². The van der Waals surface area contributed by atoms with E-state index in [9.17, 15) is 9.59 Å². The summed E-state index contributed by atoms with van der Waals surface area (Å²) in [7, 11) is 0. The van der Waals surface area contributed by atoms with Gasteiger partial charge in [-0.05, 0) is 39.5 Å². The van der Waals surface area contributed by atoms with Crippen LogP contribution in [0.3, 0.4) is 0 Å². The number of unbranched alkanes of at least 4 members (excludes halogenated alkanes) is 5. The molecule has 0 bridgehead atoms. The maximum Gasteiger partial charge on any atom is 0.305 e. The van der Waals surface area contributed by atoms with Crippen LogP contribution < -0.4 is 0 Å². The fraction of sp³-hybridized carbons (Fsp3) is 0.889. The van der Waals surface area contributed by atoms with E-state index in [4.69, 9.17) is 32.7 Å². The maximum absolute atomic E-state index is 11.4. The van der Waals surface area contributed by atoms with Crippen LogP contribution in [0.15, 0.2) is 0 Å². The highest BCUT2D eigenvalue weighted by Gasteiger charge is 2.06. The second kappa shape index (κ2) is 16.0. The van der Waals surface area contributed by atoms with Crippen molar-refractivity contribution in [3.63, 3.8) is 0 Å². The Bertz CT molecular complexity index is 301. The molecule has 142 valence electrons. The van der Waals surface area contributed by atoms with Crippen LogP contribution in [0.25, 0.3) is 0 Å². The number of hydrogen-bond acceptors (Lipinski definition) is 4. The van der Waals surface area contributed by atoms with Crippen LogP contribution in [-0.4, -0.2) is 35.9 Å². The third-order valence-corrected chi connectivity index (χ3v) is 3.99. The normalized spacial score (nSPS) is 13.3. The van der Waals surface area contributed by atoms with E-state index in [2.05, 4.69) is 0 Å². The molecule has 0 aromatic rings. The van der Waals surface area contributed by atoms with Gasteiger partial charge >= 0.3 is 11.9 Å². The van der Waals surface area contributed by atoms with Crippen molar-refractivity contribution in [3.8, 4) is 0 Å². The average molecular weight is 383 g/mol. The number of alkyl halides is 2. The molecule has 0 rings (SSSR count). The van der Waals surface area contributed by atoms with E-state index in [1.807, 2.05) is 13.8 Å². The van der Waals surface area contributed by atoms with Gasteiger partial charge in [-0.15, -0.1) is 23.2 Å². The van der Waals surface area contributed by atoms with E-state index in [0.29, 0.717) is 38.9 Å². The van der Waals surface area contributed by atoms with Crippen LogP contribution >= 0.6 is 23.2 Å². The standard InChI is InChI=1S/C18H32Cl2O4/c1-15(19)9-11-17(21)23-13-7-5-3-4-6-8-14-24-18(22)12-10-16(2)20/h15-16H,3-14H2,1-2H3. The quantitative estimate of drug-likeness (QED) is 0.221. The van der Waals surface area contributed by atoms with E-state index in [1.165, 1.54) is 0 Å². The van der Waals surface area contributed by atoms with Gasteiger partial charge in [0.15, 0.2) is 0 Å². The molecule has 2 atom stereocenters. The lowest BCUT2D eigenvalue weighted by molar-refractivity contribution is -0.144.